The van der Waals surface area contributed by atoms with Gasteiger partial charge in [-0.1, -0.05) is 25.9 Å². The van der Waals surface area contributed by atoms with E-state index in [0.29, 0.717) is 5.76 Å². The predicted molar refractivity (Wildman–Crippen MR) is 85.1 cm³/mol. The molecule has 8 heteroatoms. The van der Waals surface area contributed by atoms with Gasteiger partial charge in [0.15, 0.2) is 10.6 Å². The van der Waals surface area contributed by atoms with Crippen molar-refractivity contribution in [3.63, 3.8) is 0 Å². The lowest BCUT2D eigenvalue weighted by molar-refractivity contribution is -0.117. The van der Waals surface area contributed by atoms with Crippen molar-refractivity contribution in [3.8, 4) is 0 Å². The number of nitrogens with one attached hydrogen (secondary N) is 2. The molecule has 0 radical (unpaired) electrons. The van der Waals surface area contributed by atoms with Gasteiger partial charge in [-0.25, -0.2) is 13.1 Å². The van der Waals surface area contributed by atoms with Crippen molar-refractivity contribution in [2.24, 2.45) is 0 Å². The Morgan fingerprint density at radius 1 is 1.23 bits per heavy atom. The Balaban J connectivity index is 2.94. The number of aromatic nitrogens is 1. The second-order valence-electron chi connectivity index (χ2n) is 7.07. The lowest BCUT2D eigenvalue weighted by Gasteiger charge is -2.24. The minimum absolute atomic E-state index is 0.197. The average Bonchev–Trinajstić information content (AvgIpc) is 2.74. The third-order valence-corrected chi connectivity index (χ3v) is 5.41. The van der Waals surface area contributed by atoms with Gasteiger partial charge < -0.3 is 9.84 Å². The summed E-state index contributed by atoms with van der Waals surface area (Å²) in [5.41, 5.74) is -0.253. The molecule has 126 valence electrons. The van der Waals surface area contributed by atoms with Gasteiger partial charge in [0.1, 0.15) is 5.76 Å². The molecule has 1 heterocycles. The molecular weight excluding hydrogens is 306 g/mol. The van der Waals surface area contributed by atoms with Gasteiger partial charge in [-0.15, -0.1) is 0 Å². The first kappa shape index (κ1) is 18.6. The molecule has 22 heavy (non-hydrogen) atoms. The number of carbonyl (C=O) groups excluding carboxylic acids is 1. The Hall–Kier alpha value is -1.41. The minimum Gasteiger partial charge on any atom is -0.359 e. The highest BCUT2D eigenvalue weighted by Gasteiger charge is 2.42. The summed E-state index contributed by atoms with van der Waals surface area (Å²) in [5.74, 6) is 0.126. The van der Waals surface area contributed by atoms with E-state index in [2.05, 4.69) is 15.2 Å². The molecule has 1 aromatic rings. The Kier molecular flexibility index (Phi) is 5.08. The molecule has 0 fully saturated rings. The summed E-state index contributed by atoms with van der Waals surface area (Å²) in [4.78, 5) is 12.3. The van der Waals surface area contributed by atoms with Crippen molar-refractivity contribution >= 4 is 21.7 Å². The van der Waals surface area contributed by atoms with Crippen LogP contribution in [0.5, 0.6) is 0 Å². The fourth-order valence-corrected chi connectivity index (χ4v) is 2.74. The molecule has 0 unspecified atom stereocenters. The van der Waals surface area contributed by atoms with Gasteiger partial charge in [0.05, 0.1) is 0 Å². The van der Waals surface area contributed by atoms with Gasteiger partial charge in [0, 0.05) is 17.5 Å². The topological polar surface area (TPSA) is 101 Å². The highest BCUT2D eigenvalue weighted by molar-refractivity contribution is 7.91. The van der Waals surface area contributed by atoms with E-state index < -0.39 is 20.7 Å². The zero-order chi connectivity index (χ0) is 17.3. The molecule has 0 atom stereocenters. The van der Waals surface area contributed by atoms with Crippen LogP contribution >= 0.6 is 0 Å². The second-order valence-corrected chi connectivity index (χ2v) is 9.33. The smallest absolute Gasteiger partial charge is 0.247 e. The molecule has 0 aliphatic carbocycles. The van der Waals surface area contributed by atoms with Gasteiger partial charge in [-0.05, 0) is 27.7 Å². The first-order valence-corrected chi connectivity index (χ1v) is 8.56. The largest absolute Gasteiger partial charge is 0.359 e. The lowest BCUT2D eigenvalue weighted by Crippen LogP contribution is -2.51. The van der Waals surface area contributed by atoms with E-state index in [1.807, 2.05) is 20.8 Å². The van der Waals surface area contributed by atoms with Gasteiger partial charge in [-0.3, -0.25) is 4.79 Å². The van der Waals surface area contributed by atoms with Gasteiger partial charge in [0.25, 0.3) is 0 Å². The Labute approximate surface area is 131 Å². The third-order valence-electron chi connectivity index (χ3n) is 3.10. The molecule has 0 spiro atoms. The number of sulfonamides is 1. The second kappa shape index (κ2) is 6.00. The summed E-state index contributed by atoms with van der Waals surface area (Å²) in [6.45, 7) is 11.9. The SMILES string of the molecule is CC(C)NS(=O)(=O)C(C)(C)C(=O)Nc1cc(C(C)(C)C)on1. The predicted octanol–water partition coefficient (Wildman–Crippen LogP) is 2.02. The molecule has 0 aromatic carbocycles. The Morgan fingerprint density at radius 2 is 1.77 bits per heavy atom. The molecule has 7 nitrogen and oxygen atoms in total. The van der Waals surface area contributed by atoms with Crippen molar-refractivity contribution in [2.75, 3.05) is 5.32 Å². The standard InChI is InChI=1S/C14H25N3O4S/c1-9(2)17-22(19,20)14(6,7)12(18)15-11-8-10(21-16-11)13(3,4)5/h8-9,17H,1-7H3,(H,15,16,18). The van der Waals surface area contributed by atoms with Gasteiger partial charge in [-0.2, -0.15) is 0 Å². The Bertz CT molecular complexity index is 639. The summed E-state index contributed by atoms with van der Waals surface area (Å²) >= 11 is 0. The van der Waals surface area contributed by atoms with Crippen LogP contribution < -0.4 is 10.0 Å². The molecule has 0 saturated heterocycles. The fraction of sp³-hybridized carbons (Fsp3) is 0.714. The monoisotopic (exact) mass is 331 g/mol. The van der Waals surface area contributed by atoms with E-state index in [0.717, 1.165) is 0 Å². The first-order valence-electron chi connectivity index (χ1n) is 7.08. The number of nitrogens with zero attached hydrogens (tertiary/aromatic N) is 1. The van der Waals surface area contributed by atoms with Crippen LogP contribution in [-0.2, 0) is 20.2 Å². The number of anilines is 1. The van der Waals surface area contributed by atoms with Crippen molar-refractivity contribution in [1.29, 1.82) is 0 Å². The van der Waals surface area contributed by atoms with Crippen LogP contribution in [0.15, 0.2) is 10.6 Å². The third kappa shape index (κ3) is 4.07. The van der Waals surface area contributed by atoms with Crippen LogP contribution in [0.1, 0.15) is 54.2 Å². The molecule has 1 rings (SSSR count). The van der Waals surface area contributed by atoms with Gasteiger partial charge in [0.2, 0.25) is 15.9 Å². The van der Waals surface area contributed by atoms with Crippen LogP contribution in [0.2, 0.25) is 0 Å². The molecular formula is C14H25N3O4S. The van der Waals surface area contributed by atoms with E-state index in [1.165, 1.54) is 13.8 Å². The lowest BCUT2D eigenvalue weighted by atomic mass is 9.93. The van der Waals surface area contributed by atoms with Crippen LogP contribution in [0.4, 0.5) is 5.82 Å². The van der Waals surface area contributed by atoms with Crippen molar-refractivity contribution in [2.45, 2.75) is 64.7 Å². The van der Waals surface area contributed by atoms with Crippen LogP contribution in [0.3, 0.4) is 0 Å². The molecule has 0 aliphatic rings. The number of amides is 1. The van der Waals surface area contributed by atoms with Crippen molar-refractivity contribution < 1.29 is 17.7 Å². The molecule has 1 amide bonds. The molecule has 0 bridgehead atoms. The number of carbonyl (C=O) groups is 1. The zero-order valence-corrected chi connectivity index (χ0v) is 15.0. The van der Waals surface area contributed by atoms with Crippen LogP contribution in [-0.4, -0.2) is 30.3 Å². The summed E-state index contributed by atoms with van der Waals surface area (Å²) in [7, 11) is -3.82. The maximum atomic E-state index is 12.3. The van der Waals surface area contributed by atoms with E-state index in [9.17, 15) is 13.2 Å². The molecule has 2 N–H and O–H groups in total. The number of hydrogen-bond acceptors (Lipinski definition) is 5. The van der Waals surface area contributed by atoms with Crippen molar-refractivity contribution in [1.82, 2.24) is 9.88 Å². The maximum Gasteiger partial charge on any atom is 0.247 e. The average molecular weight is 331 g/mol. The summed E-state index contributed by atoms with van der Waals surface area (Å²) in [5, 5.41) is 6.25. The van der Waals surface area contributed by atoms with Crippen LogP contribution in [0.25, 0.3) is 0 Å². The first-order chi connectivity index (χ1) is 9.77. The van der Waals surface area contributed by atoms with Gasteiger partial charge >= 0.3 is 0 Å². The number of hydrogen-bond donors (Lipinski definition) is 2. The van der Waals surface area contributed by atoms with E-state index >= 15 is 0 Å². The highest BCUT2D eigenvalue weighted by Crippen LogP contribution is 2.25. The molecule has 0 aliphatic heterocycles. The van der Waals surface area contributed by atoms with E-state index in [-0.39, 0.29) is 17.3 Å². The molecule has 1 aromatic heterocycles. The normalized spacial score (nSPS) is 13.5. The van der Waals surface area contributed by atoms with Crippen LogP contribution in [0, 0.1) is 0 Å². The van der Waals surface area contributed by atoms with Crippen molar-refractivity contribution in [3.05, 3.63) is 11.8 Å². The quantitative estimate of drug-likeness (QED) is 0.859. The molecule has 0 saturated carbocycles. The fourth-order valence-electron chi connectivity index (χ4n) is 1.53. The summed E-state index contributed by atoms with van der Waals surface area (Å²) in [6.07, 6.45) is 0. The zero-order valence-electron chi connectivity index (χ0n) is 14.1. The van der Waals surface area contributed by atoms with E-state index in [4.69, 9.17) is 4.52 Å². The number of rotatable bonds is 5. The highest BCUT2D eigenvalue weighted by atomic mass is 32.2. The Morgan fingerprint density at radius 3 is 2.18 bits per heavy atom. The summed E-state index contributed by atoms with van der Waals surface area (Å²) < 4.78 is 30.4. The minimum atomic E-state index is -3.82. The van der Waals surface area contributed by atoms with E-state index in [1.54, 1.807) is 19.9 Å². The summed E-state index contributed by atoms with van der Waals surface area (Å²) in [6, 6.07) is 1.30. The maximum absolute atomic E-state index is 12.3.